The molecule has 16 heavy (non-hydrogen) atoms. The SMILES string of the molecule is COCCn1c(C2CC(OC)C2)n[nH]c1=S. The summed E-state index contributed by atoms with van der Waals surface area (Å²) in [5, 5.41) is 7.14. The van der Waals surface area contributed by atoms with Crippen molar-refractivity contribution >= 4 is 12.2 Å². The Bertz CT molecular complexity index is 395. The van der Waals surface area contributed by atoms with E-state index in [0.717, 1.165) is 25.2 Å². The van der Waals surface area contributed by atoms with Crippen LogP contribution in [0, 0.1) is 4.77 Å². The van der Waals surface area contributed by atoms with Gasteiger partial charge in [-0.05, 0) is 25.1 Å². The first-order valence-electron chi connectivity index (χ1n) is 5.43. The smallest absolute Gasteiger partial charge is 0.195 e. The van der Waals surface area contributed by atoms with E-state index < -0.39 is 0 Å². The van der Waals surface area contributed by atoms with E-state index >= 15 is 0 Å². The van der Waals surface area contributed by atoms with Crippen LogP contribution in [0.25, 0.3) is 0 Å². The number of methoxy groups -OCH3 is 2. The van der Waals surface area contributed by atoms with E-state index in [1.807, 2.05) is 4.57 Å². The molecule has 0 spiro atoms. The molecule has 1 aliphatic rings. The third-order valence-corrected chi connectivity index (χ3v) is 3.41. The molecule has 1 aromatic rings. The highest BCUT2D eigenvalue weighted by Crippen LogP contribution is 2.37. The van der Waals surface area contributed by atoms with Gasteiger partial charge in [-0.1, -0.05) is 0 Å². The number of nitrogens with zero attached hydrogens (tertiary/aromatic N) is 2. The van der Waals surface area contributed by atoms with Crippen molar-refractivity contribution in [2.45, 2.75) is 31.4 Å². The van der Waals surface area contributed by atoms with Crippen molar-refractivity contribution in [2.24, 2.45) is 0 Å². The van der Waals surface area contributed by atoms with E-state index in [1.165, 1.54) is 0 Å². The zero-order valence-electron chi connectivity index (χ0n) is 9.60. The summed E-state index contributed by atoms with van der Waals surface area (Å²) in [7, 11) is 3.44. The van der Waals surface area contributed by atoms with Crippen molar-refractivity contribution in [2.75, 3.05) is 20.8 Å². The van der Waals surface area contributed by atoms with Gasteiger partial charge in [0.05, 0.1) is 12.7 Å². The Kier molecular flexibility index (Phi) is 3.73. The van der Waals surface area contributed by atoms with Gasteiger partial charge in [0.25, 0.3) is 0 Å². The molecule has 90 valence electrons. The van der Waals surface area contributed by atoms with E-state index in [4.69, 9.17) is 21.7 Å². The maximum atomic E-state index is 5.27. The molecule has 6 heteroatoms. The molecule has 0 aromatic carbocycles. The number of aromatic nitrogens is 3. The molecule has 0 unspecified atom stereocenters. The van der Waals surface area contributed by atoms with Gasteiger partial charge in [-0.3, -0.25) is 5.10 Å². The predicted octanol–water partition coefficient (Wildman–Crippen LogP) is 1.48. The Labute approximate surface area is 99.8 Å². The summed E-state index contributed by atoms with van der Waals surface area (Å²) in [5.74, 6) is 1.50. The lowest BCUT2D eigenvalue weighted by molar-refractivity contribution is 0.0224. The van der Waals surface area contributed by atoms with Crippen molar-refractivity contribution in [3.8, 4) is 0 Å². The second-order valence-electron chi connectivity index (χ2n) is 4.06. The van der Waals surface area contributed by atoms with Gasteiger partial charge in [0, 0.05) is 26.7 Å². The first-order valence-corrected chi connectivity index (χ1v) is 5.84. The summed E-state index contributed by atoms with van der Waals surface area (Å²) < 4.78 is 13.0. The quantitative estimate of drug-likeness (QED) is 0.796. The van der Waals surface area contributed by atoms with Crippen LogP contribution >= 0.6 is 12.2 Å². The van der Waals surface area contributed by atoms with Crippen LogP contribution in [-0.2, 0) is 16.0 Å². The highest BCUT2D eigenvalue weighted by molar-refractivity contribution is 7.71. The molecule has 5 nitrogen and oxygen atoms in total. The average Bonchev–Trinajstić information content (AvgIpc) is 2.56. The van der Waals surface area contributed by atoms with Crippen molar-refractivity contribution in [3.05, 3.63) is 10.6 Å². The monoisotopic (exact) mass is 243 g/mol. The van der Waals surface area contributed by atoms with Gasteiger partial charge in [0.2, 0.25) is 0 Å². The summed E-state index contributed by atoms with van der Waals surface area (Å²) in [6, 6.07) is 0. The van der Waals surface area contributed by atoms with Crippen LogP contribution in [0.2, 0.25) is 0 Å². The third-order valence-electron chi connectivity index (χ3n) is 3.10. The van der Waals surface area contributed by atoms with Crippen LogP contribution in [0.3, 0.4) is 0 Å². The number of hydrogen-bond acceptors (Lipinski definition) is 4. The second kappa shape index (κ2) is 5.07. The zero-order valence-corrected chi connectivity index (χ0v) is 10.4. The molecule has 0 aliphatic heterocycles. The lowest BCUT2D eigenvalue weighted by atomic mass is 9.81. The third kappa shape index (κ3) is 2.18. The normalized spacial score (nSPS) is 24.4. The van der Waals surface area contributed by atoms with Crippen molar-refractivity contribution in [1.82, 2.24) is 14.8 Å². The maximum Gasteiger partial charge on any atom is 0.195 e. The average molecular weight is 243 g/mol. The summed E-state index contributed by atoms with van der Waals surface area (Å²) in [6.07, 6.45) is 2.44. The van der Waals surface area contributed by atoms with Crippen LogP contribution in [0.5, 0.6) is 0 Å². The summed E-state index contributed by atoms with van der Waals surface area (Å²) in [5.41, 5.74) is 0. The minimum atomic E-state index is 0.381. The van der Waals surface area contributed by atoms with Crippen molar-refractivity contribution in [3.63, 3.8) is 0 Å². The predicted molar refractivity (Wildman–Crippen MR) is 62.1 cm³/mol. The van der Waals surface area contributed by atoms with Gasteiger partial charge >= 0.3 is 0 Å². The van der Waals surface area contributed by atoms with Gasteiger partial charge in [-0.2, -0.15) is 5.10 Å². The highest BCUT2D eigenvalue weighted by Gasteiger charge is 2.33. The topological polar surface area (TPSA) is 52.1 Å². The van der Waals surface area contributed by atoms with Gasteiger partial charge in [-0.15, -0.1) is 0 Å². The van der Waals surface area contributed by atoms with Crippen LogP contribution in [0.1, 0.15) is 24.6 Å². The van der Waals surface area contributed by atoms with E-state index in [-0.39, 0.29) is 0 Å². The molecular weight excluding hydrogens is 226 g/mol. The fraction of sp³-hybridized carbons (Fsp3) is 0.800. The van der Waals surface area contributed by atoms with Crippen LogP contribution < -0.4 is 0 Å². The van der Waals surface area contributed by atoms with Crippen LogP contribution in [-0.4, -0.2) is 41.7 Å². The van der Waals surface area contributed by atoms with E-state index in [0.29, 0.717) is 23.4 Å². The van der Waals surface area contributed by atoms with Crippen LogP contribution in [0.4, 0.5) is 0 Å². The van der Waals surface area contributed by atoms with Crippen molar-refractivity contribution < 1.29 is 9.47 Å². The van der Waals surface area contributed by atoms with Crippen molar-refractivity contribution in [1.29, 1.82) is 0 Å². The van der Waals surface area contributed by atoms with E-state index in [2.05, 4.69) is 10.2 Å². The van der Waals surface area contributed by atoms with Gasteiger partial charge in [0.1, 0.15) is 5.82 Å². The van der Waals surface area contributed by atoms with E-state index in [9.17, 15) is 0 Å². The second-order valence-corrected chi connectivity index (χ2v) is 4.44. The Morgan fingerprint density at radius 3 is 2.88 bits per heavy atom. The molecule has 1 saturated carbocycles. The first-order chi connectivity index (χ1) is 7.76. The number of H-pyrrole nitrogens is 1. The summed E-state index contributed by atoms with van der Waals surface area (Å²) in [6.45, 7) is 1.41. The maximum absolute atomic E-state index is 5.27. The number of aromatic amines is 1. The highest BCUT2D eigenvalue weighted by atomic mass is 32.1. The molecule has 1 heterocycles. The molecule has 0 saturated heterocycles. The molecule has 1 N–H and O–H groups in total. The number of rotatable bonds is 5. The number of nitrogens with one attached hydrogen (secondary N) is 1. The van der Waals surface area contributed by atoms with E-state index in [1.54, 1.807) is 14.2 Å². The molecule has 1 aliphatic carbocycles. The molecule has 0 atom stereocenters. The standard InChI is InChI=1S/C10H17N3O2S/c1-14-4-3-13-9(11-12-10(13)16)7-5-8(6-7)15-2/h7-8H,3-6H2,1-2H3,(H,12,16). The number of hydrogen-bond donors (Lipinski definition) is 1. The first kappa shape index (κ1) is 11.8. The van der Waals surface area contributed by atoms with Crippen LogP contribution in [0.15, 0.2) is 0 Å². The summed E-state index contributed by atoms with van der Waals surface area (Å²) in [4.78, 5) is 0. The van der Waals surface area contributed by atoms with Gasteiger partial charge < -0.3 is 14.0 Å². The molecule has 2 rings (SSSR count). The molecule has 0 bridgehead atoms. The molecular formula is C10H17N3O2S. The summed E-state index contributed by atoms with van der Waals surface area (Å²) >= 11 is 5.19. The number of ether oxygens (including phenoxy) is 2. The Morgan fingerprint density at radius 2 is 2.25 bits per heavy atom. The molecule has 1 fully saturated rings. The minimum absolute atomic E-state index is 0.381. The fourth-order valence-electron chi connectivity index (χ4n) is 2.01. The fourth-order valence-corrected chi connectivity index (χ4v) is 2.24. The zero-order chi connectivity index (χ0) is 11.5. The Morgan fingerprint density at radius 1 is 1.50 bits per heavy atom. The lowest BCUT2D eigenvalue weighted by Gasteiger charge is -2.33. The molecule has 0 amide bonds. The largest absolute Gasteiger partial charge is 0.383 e. The van der Waals surface area contributed by atoms with Gasteiger partial charge in [-0.25, -0.2) is 0 Å². The minimum Gasteiger partial charge on any atom is -0.383 e. The molecule has 0 radical (unpaired) electrons. The lowest BCUT2D eigenvalue weighted by Crippen LogP contribution is -2.31. The van der Waals surface area contributed by atoms with Gasteiger partial charge in [0.15, 0.2) is 4.77 Å². The Balaban J connectivity index is 2.07. The Hall–Kier alpha value is -0.720. The molecule has 1 aromatic heterocycles.